The highest BCUT2D eigenvalue weighted by molar-refractivity contribution is 5.94. The summed E-state index contributed by atoms with van der Waals surface area (Å²) in [6.45, 7) is 4.19. The molecule has 1 heterocycles. The number of benzene rings is 2. The van der Waals surface area contributed by atoms with Gasteiger partial charge in [-0.2, -0.15) is 0 Å². The van der Waals surface area contributed by atoms with Crippen LogP contribution < -0.4 is 11.1 Å². The Morgan fingerprint density at radius 3 is 2.44 bits per heavy atom. The summed E-state index contributed by atoms with van der Waals surface area (Å²) in [5.74, 6) is 0.118. The minimum Gasteiger partial charge on any atom is -0.382 e. The summed E-state index contributed by atoms with van der Waals surface area (Å²) in [4.78, 5) is 14.5. The van der Waals surface area contributed by atoms with Crippen LogP contribution in [0.4, 0.5) is 5.69 Å². The number of carbonyl (C=O) groups is 1. The van der Waals surface area contributed by atoms with Gasteiger partial charge in [-0.3, -0.25) is 4.79 Å². The first kappa shape index (κ1) is 19.3. The predicted octanol–water partition coefficient (Wildman–Crippen LogP) is 3.59. The smallest absolute Gasteiger partial charge is 0.253 e. The van der Waals surface area contributed by atoms with E-state index in [9.17, 15) is 4.79 Å². The van der Waals surface area contributed by atoms with Gasteiger partial charge < -0.3 is 16.0 Å². The Hall–Kier alpha value is -2.04. The third-order valence-electron chi connectivity index (χ3n) is 4.61. The molecular formula is C20H26ClN3O. The number of amides is 1. The number of nitrogens with one attached hydrogen (secondary N) is 1. The maximum atomic E-state index is 12.6. The van der Waals surface area contributed by atoms with Crippen molar-refractivity contribution in [1.29, 1.82) is 0 Å². The number of piperidine rings is 1. The molecule has 0 radical (unpaired) electrons. The summed E-state index contributed by atoms with van der Waals surface area (Å²) in [7, 11) is 0. The Labute approximate surface area is 155 Å². The molecule has 1 aliphatic rings. The lowest BCUT2D eigenvalue weighted by molar-refractivity contribution is 0.0718. The van der Waals surface area contributed by atoms with Crippen LogP contribution in [0.5, 0.6) is 0 Å². The van der Waals surface area contributed by atoms with Gasteiger partial charge >= 0.3 is 0 Å². The molecule has 2 aromatic carbocycles. The molecule has 134 valence electrons. The predicted molar refractivity (Wildman–Crippen MR) is 105 cm³/mol. The normalized spacial score (nSPS) is 14.7. The molecule has 0 unspecified atom stereocenters. The van der Waals surface area contributed by atoms with Crippen molar-refractivity contribution in [2.75, 3.05) is 18.4 Å². The van der Waals surface area contributed by atoms with Crippen LogP contribution in [0.15, 0.2) is 48.5 Å². The first-order valence-corrected chi connectivity index (χ1v) is 8.57. The Morgan fingerprint density at radius 2 is 1.84 bits per heavy atom. The highest BCUT2D eigenvalue weighted by Crippen LogP contribution is 2.19. The zero-order chi connectivity index (χ0) is 16.9. The Morgan fingerprint density at radius 1 is 1.16 bits per heavy atom. The summed E-state index contributed by atoms with van der Waals surface area (Å²) in [5, 5.41) is 3.58. The van der Waals surface area contributed by atoms with E-state index in [0.29, 0.717) is 12.6 Å². The summed E-state index contributed by atoms with van der Waals surface area (Å²) < 4.78 is 0. The number of hydrogen-bond acceptors (Lipinski definition) is 3. The summed E-state index contributed by atoms with van der Waals surface area (Å²) in [6.07, 6.45) is 1.95. The molecule has 0 spiro atoms. The molecule has 4 nitrogen and oxygen atoms in total. The van der Waals surface area contributed by atoms with Crippen molar-refractivity contribution in [3.63, 3.8) is 0 Å². The zero-order valence-corrected chi connectivity index (χ0v) is 15.4. The van der Waals surface area contributed by atoms with Crippen LogP contribution in [0, 0.1) is 6.92 Å². The Balaban J connectivity index is 0.00000225. The summed E-state index contributed by atoms with van der Waals surface area (Å²) in [6, 6.07) is 16.5. The van der Waals surface area contributed by atoms with Crippen molar-refractivity contribution < 1.29 is 4.79 Å². The molecule has 1 aliphatic heterocycles. The maximum absolute atomic E-state index is 12.6. The number of likely N-dealkylation sites (tertiary alicyclic amines) is 1. The highest BCUT2D eigenvalue weighted by Gasteiger charge is 2.23. The second-order valence-corrected chi connectivity index (χ2v) is 6.48. The van der Waals surface area contributed by atoms with Crippen molar-refractivity contribution in [2.24, 2.45) is 5.73 Å². The van der Waals surface area contributed by atoms with Gasteiger partial charge in [-0.1, -0.05) is 24.3 Å². The number of hydrogen-bond donors (Lipinski definition) is 2. The van der Waals surface area contributed by atoms with Gasteiger partial charge in [0.15, 0.2) is 0 Å². The molecule has 0 bridgehead atoms. The van der Waals surface area contributed by atoms with Gasteiger partial charge in [0.05, 0.1) is 0 Å². The molecule has 5 heteroatoms. The Bertz CT molecular complexity index is 694. The lowest BCUT2D eigenvalue weighted by atomic mass is 10.0. The molecule has 3 N–H and O–H groups in total. The van der Waals surface area contributed by atoms with Crippen LogP contribution in [0.25, 0.3) is 0 Å². The number of rotatable bonds is 4. The lowest BCUT2D eigenvalue weighted by Gasteiger charge is -2.33. The van der Waals surface area contributed by atoms with E-state index in [2.05, 4.69) is 36.5 Å². The van der Waals surface area contributed by atoms with E-state index in [-0.39, 0.29) is 18.3 Å². The average molecular weight is 360 g/mol. The topological polar surface area (TPSA) is 58.4 Å². The fourth-order valence-electron chi connectivity index (χ4n) is 3.16. The fraction of sp³-hybridized carbons (Fsp3) is 0.350. The molecule has 0 aromatic heterocycles. The van der Waals surface area contributed by atoms with Crippen molar-refractivity contribution in [1.82, 2.24) is 4.90 Å². The second-order valence-electron chi connectivity index (χ2n) is 6.48. The van der Waals surface area contributed by atoms with E-state index in [1.54, 1.807) is 0 Å². The van der Waals surface area contributed by atoms with E-state index < -0.39 is 0 Å². The SMILES string of the molecule is Cc1cccc(NC2CCN(C(=O)c3ccc(CN)cc3)CC2)c1.Cl. The van der Waals surface area contributed by atoms with Crippen molar-refractivity contribution >= 4 is 24.0 Å². The molecule has 1 amide bonds. The largest absolute Gasteiger partial charge is 0.382 e. The number of anilines is 1. The van der Waals surface area contributed by atoms with Crippen molar-refractivity contribution in [2.45, 2.75) is 32.4 Å². The minimum atomic E-state index is 0. The minimum absolute atomic E-state index is 0. The zero-order valence-electron chi connectivity index (χ0n) is 14.6. The van der Waals surface area contributed by atoms with E-state index >= 15 is 0 Å². The molecule has 1 fully saturated rings. The van der Waals surface area contributed by atoms with Crippen LogP contribution in [-0.4, -0.2) is 29.9 Å². The van der Waals surface area contributed by atoms with E-state index in [4.69, 9.17) is 5.73 Å². The Kier molecular flexibility index (Phi) is 6.85. The quantitative estimate of drug-likeness (QED) is 0.877. The van der Waals surface area contributed by atoms with Gasteiger partial charge in [0, 0.05) is 36.9 Å². The van der Waals surface area contributed by atoms with E-state index in [1.165, 1.54) is 5.56 Å². The lowest BCUT2D eigenvalue weighted by Crippen LogP contribution is -2.42. The molecule has 0 atom stereocenters. The van der Waals surface area contributed by atoms with Gasteiger partial charge in [0.25, 0.3) is 5.91 Å². The van der Waals surface area contributed by atoms with Gasteiger partial charge in [0.1, 0.15) is 0 Å². The molecule has 0 saturated carbocycles. The number of halogens is 1. The highest BCUT2D eigenvalue weighted by atomic mass is 35.5. The second kappa shape index (κ2) is 8.88. The summed E-state index contributed by atoms with van der Waals surface area (Å²) in [5.41, 5.74) is 9.82. The van der Waals surface area contributed by atoms with Crippen LogP contribution in [0.2, 0.25) is 0 Å². The van der Waals surface area contributed by atoms with Gasteiger partial charge in [-0.25, -0.2) is 0 Å². The molecular weight excluding hydrogens is 334 g/mol. The monoisotopic (exact) mass is 359 g/mol. The van der Waals surface area contributed by atoms with E-state index in [0.717, 1.165) is 42.7 Å². The number of nitrogens with zero attached hydrogens (tertiary/aromatic N) is 1. The fourth-order valence-corrected chi connectivity index (χ4v) is 3.16. The standard InChI is InChI=1S/C20H25N3O.ClH/c1-15-3-2-4-19(13-15)22-18-9-11-23(12-10-18)20(24)17-7-5-16(14-21)6-8-17;/h2-8,13,18,22H,9-12,14,21H2,1H3;1H. The first-order valence-electron chi connectivity index (χ1n) is 8.57. The molecule has 25 heavy (non-hydrogen) atoms. The van der Waals surface area contributed by atoms with Crippen molar-refractivity contribution in [3.8, 4) is 0 Å². The third kappa shape index (κ3) is 4.97. The average Bonchev–Trinajstić information content (AvgIpc) is 2.62. The third-order valence-corrected chi connectivity index (χ3v) is 4.61. The number of nitrogens with two attached hydrogens (primary N) is 1. The van der Waals surface area contributed by atoms with Crippen molar-refractivity contribution in [3.05, 3.63) is 65.2 Å². The molecule has 0 aliphatic carbocycles. The summed E-state index contributed by atoms with van der Waals surface area (Å²) >= 11 is 0. The number of aryl methyl sites for hydroxylation is 1. The van der Waals surface area contributed by atoms with Crippen LogP contribution in [0.1, 0.15) is 34.3 Å². The van der Waals surface area contributed by atoms with Gasteiger partial charge in [0.2, 0.25) is 0 Å². The number of carbonyl (C=O) groups excluding carboxylic acids is 1. The van der Waals surface area contributed by atoms with Gasteiger partial charge in [-0.15, -0.1) is 12.4 Å². The first-order chi connectivity index (χ1) is 11.7. The molecule has 3 rings (SSSR count). The van der Waals surface area contributed by atoms with E-state index in [1.807, 2.05) is 29.2 Å². The maximum Gasteiger partial charge on any atom is 0.253 e. The van der Waals surface area contributed by atoms with Crippen LogP contribution in [0.3, 0.4) is 0 Å². The molecule has 1 saturated heterocycles. The molecule has 2 aromatic rings. The van der Waals surface area contributed by atoms with Crippen LogP contribution in [-0.2, 0) is 6.54 Å². The van der Waals surface area contributed by atoms with Gasteiger partial charge in [-0.05, 0) is 55.2 Å². The van der Waals surface area contributed by atoms with Crippen LogP contribution >= 0.6 is 12.4 Å².